The van der Waals surface area contributed by atoms with Gasteiger partial charge in [-0.1, -0.05) is 118 Å². The molecule has 3 heterocycles. The number of amides is 12. The largest absolute Gasteiger partial charge is 0.445 e. The molecule has 9 N–H and O–H groups in total. The zero-order valence-corrected chi connectivity index (χ0v) is 59.7. The maximum absolute atomic E-state index is 14.9. The highest BCUT2D eigenvalue weighted by Crippen LogP contribution is 2.31. The van der Waals surface area contributed by atoms with Crippen molar-refractivity contribution in [2.75, 3.05) is 72.4 Å². The summed E-state index contributed by atoms with van der Waals surface area (Å²) in [5.74, 6) is -5.11. The van der Waals surface area contributed by atoms with Crippen molar-refractivity contribution in [3.05, 3.63) is 77.9 Å². The number of methoxy groups -OCH3 is 2. The monoisotopic (exact) mass is 1370 g/mol. The fourth-order valence-corrected chi connectivity index (χ4v) is 13.1. The van der Waals surface area contributed by atoms with Gasteiger partial charge in [0.25, 0.3) is 11.8 Å². The number of ether oxygens (including phenoxy) is 3. The molecule has 544 valence electrons. The Labute approximate surface area is 578 Å². The number of piperazine rings is 1. The van der Waals surface area contributed by atoms with E-state index in [-0.39, 0.29) is 123 Å². The molecule has 3 aliphatic rings. The number of carbonyl (C=O) groups excluding carboxylic acids is 11. The van der Waals surface area contributed by atoms with E-state index >= 15 is 0 Å². The Bertz CT molecular complexity index is 3000. The summed E-state index contributed by atoms with van der Waals surface area (Å²) in [6, 6.07) is 9.71. The van der Waals surface area contributed by atoms with Crippen molar-refractivity contribution in [1.82, 2.24) is 51.1 Å². The molecule has 2 aromatic carbocycles. The standard InChI is InChI=1S/C71H110N12O15/c1-14-46(8)62(54(96-12)41-58(87)82-36-22-26-53(82)64(97-13)47(9)65(89)74-48(10)63(88)50-23-17-15-18-24-50)79(11)69(93)60(44(4)5)78-68(92)61(45(6)7)80-37-39-81(40-38-80)71(95)98-42-49-28-30-51(31-29-49)75-66(90)52(25-21-34-73-70(72)94)76-67(91)59(43(2)3)77-55(84)27-19-16-20-35-83-56(85)32-33-57(83)86/h15,17-18,23-24,28-33,43-48,52-54,59-64,88H,14,16,19-22,25-27,34-42H2,1-13H3,(H,74,89)(H,75,90)(H,76,91)(H,77,84)(H,78,92)(H3,72,73,94)/t46-,47+,48+,52-,53-,54?,59-,60-,61-,62-,63+,64+/m0/s1. The van der Waals surface area contributed by atoms with Crippen LogP contribution in [-0.2, 0) is 64.0 Å². The highest BCUT2D eigenvalue weighted by molar-refractivity contribution is 6.12. The van der Waals surface area contributed by atoms with Gasteiger partial charge in [-0.2, -0.15) is 0 Å². The van der Waals surface area contributed by atoms with Gasteiger partial charge in [0, 0.05) is 91.3 Å². The van der Waals surface area contributed by atoms with Crippen LogP contribution in [0.4, 0.5) is 15.3 Å². The van der Waals surface area contributed by atoms with Gasteiger partial charge in [-0.3, -0.25) is 53.0 Å². The van der Waals surface area contributed by atoms with Gasteiger partial charge >= 0.3 is 12.1 Å². The lowest BCUT2D eigenvalue weighted by Gasteiger charge is -2.42. The highest BCUT2D eigenvalue weighted by Gasteiger charge is 2.44. The molecular weight excluding hydrogens is 1260 g/mol. The first-order valence-electron chi connectivity index (χ1n) is 34.7. The van der Waals surface area contributed by atoms with E-state index in [1.807, 2.05) is 64.6 Å². The van der Waals surface area contributed by atoms with E-state index in [0.29, 0.717) is 75.0 Å². The van der Waals surface area contributed by atoms with Gasteiger partial charge in [0.1, 0.15) is 24.7 Å². The van der Waals surface area contributed by atoms with Crippen LogP contribution in [0.15, 0.2) is 66.7 Å². The predicted molar refractivity (Wildman–Crippen MR) is 369 cm³/mol. The summed E-state index contributed by atoms with van der Waals surface area (Å²) in [5.41, 5.74) is 6.92. The molecular formula is C71H110N12O15. The lowest BCUT2D eigenvalue weighted by Crippen LogP contribution is -2.62. The van der Waals surface area contributed by atoms with Crippen molar-refractivity contribution in [3.63, 3.8) is 0 Å². The minimum atomic E-state index is -1.08. The summed E-state index contributed by atoms with van der Waals surface area (Å²) in [5, 5.41) is 27.9. The number of likely N-dealkylation sites (N-methyl/N-ethyl adjacent to an activating group) is 1. The molecule has 0 aromatic heterocycles. The van der Waals surface area contributed by atoms with Gasteiger partial charge in [0.05, 0.1) is 54.8 Å². The lowest BCUT2D eigenvalue weighted by molar-refractivity contribution is -0.148. The van der Waals surface area contributed by atoms with Crippen LogP contribution in [0.1, 0.15) is 151 Å². The maximum Gasteiger partial charge on any atom is 0.410 e. The maximum atomic E-state index is 14.9. The van der Waals surface area contributed by atoms with E-state index in [1.165, 1.54) is 26.4 Å². The predicted octanol–water partition coefficient (Wildman–Crippen LogP) is 4.76. The van der Waals surface area contributed by atoms with Gasteiger partial charge in [0.15, 0.2) is 0 Å². The van der Waals surface area contributed by atoms with E-state index in [1.54, 1.807) is 85.8 Å². The second kappa shape index (κ2) is 39.5. The molecule has 0 bridgehead atoms. The summed E-state index contributed by atoms with van der Waals surface area (Å²) < 4.78 is 17.8. The average molecular weight is 1370 g/mol. The summed E-state index contributed by atoms with van der Waals surface area (Å²) in [7, 11) is 4.75. The topological polar surface area (TPSA) is 350 Å². The zero-order valence-electron chi connectivity index (χ0n) is 59.7. The number of primary amides is 1. The first-order valence-corrected chi connectivity index (χ1v) is 34.7. The normalized spacial score (nSPS) is 18.4. The number of imide groups is 1. The number of aliphatic hydroxyl groups excluding tert-OH is 1. The number of nitrogens with two attached hydrogens (primary N) is 1. The molecule has 2 saturated heterocycles. The molecule has 2 aromatic rings. The van der Waals surface area contributed by atoms with Gasteiger partial charge in [0.2, 0.25) is 41.4 Å². The number of hydrogen-bond donors (Lipinski definition) is 8. The van der Waals surface area contributed by atoms with E-state index < -0.39 is 90.5 Å². The van der Waals surface area contributed by atoms with Crippen molar-refractivity contribution >= 4 is 71.0 Å². The first kappa shape index (κ1) is 80.7. The number of likely N-dealkylation sites (tertiary alicyclic amines) is 1. The zero-order chi connectivity index (χ0) is 72.5. The van der Waals surface area contributed by atoms with E-state index in [9.17, 15) is 57.8 Å². The van der Waals surface area contributed by atoms with Crippen molar-refractivity contribution in [2.45, 2.75) is 201 Å². The van der Waals surface area contributed by atoms with E-state index in [2.05, 4.69) is 31.9 Å². The third-order valence-electron chi connectivity index (χ3n) is 19.0. The van der Waals surface area contributed by atoms with Crippen LogP contribution in [0.2, 0.25) is 0 Å². The summed E-state index contributed by atoms with van der Waals surface area (Å²) in [6.07, 6.45) is 3.50. The minimum Gasteiger partial charge on any atom is -0.445 e. The molecule has 12 amide bonds. The number of anilines is 1. The molecule has 1 unspecified atom stereocenters. The van der Waals surface area contributed by atoms with Crippen molar-refractivity contribution in [2.24, 2.45) is 35.3 Å². The fraction of sp³-hybridized carbons (Fsp3) is 0.648. The second-order valence-electron chi connectivity index (χ2n) is 27.2. The number of carbonyl (C=O) groups is 11. The minimum absolute atomic E-state index is 0.0551. The Hall–Kier alpha value is -8.01. The number of unbranched alkanes of at least 4 members (excludes halogenated alkanes) is 2. The Kier molecular flexibility index (Phi) is 32.6. The lowest BCUT2D eigenvalue weighted by atomic mass is 9.89. The Balaban J connectivity index is 1.13. The number of urea groups is 1. The van der Waals surface area contributed by atoms with E-state index in [0.717, 1.165) is 4.90 Å². The molecule has 12 atom stereocenters. The molecule has 0 spiro atoms. The molecule has 27 nitrogen and oxygen atoms in total. The van der Waals surface area contributed by atoms with Gasteiger partial charge < -0.3 is 71.7 Å². The van der Waals surface area contributed by atoms with Gasteiger partial charge in [-0.15, -0.1) is 0 Å². The van der Waals surface area contributed by atoms with E-state index in [4.69, 9.17) is 19.9 Å². The molecule has 0 aliphatic carbocycles. The Morgan fingerprint density at radius 3 is 1.93 bits per heavy atom. The fourth-order valence-electron chi connectivity index (χ4n) is 13.1. The number of nitrogens with one attached hydrogen (secondary N) is 6. The Morgan fingerprint density at radius 1 is 0.704 bits per heavy atom. The number of rotatable bonds is 38. The quantitative estimate of drug-likeness (QED) is 0.0332. The molecule has 0 saturated carbocycles. The number of nitrogens with zero attached hydrogens (tertiary/aromatic N) is 5. The van der Waals surface area contributed by atoms with Crippen LogP contribution in [0.5, 0.6) is 0 Å². The molecule has 27 heteroatoms. The SMILES string of the molecule is CC[C@H](C)[C@@H](C(CC(=O)N1CCC[C@H]1[C@H](OC)[C@@H](C)C(=O)N[C@H](C)[C@@H](O)c1ccccc1)OC)N(C)C(=O)[C@@H](NC(=O)[C@H](C(C)C)N1CCN(C(=O)OCc2ccc(NC(=O)[C@H](CCCNC(N)=O)NC(=O)[C@@H](NC(=O)CCCCCN3C(=O)C=CC3=O)C(C)C)cc2)CC1)C(C)C. The Morgan fingerprint density at radius 2 is 1.35 bits per heavy atom. The highest BCUT2D eigenvalue weighted by atomic mass is 16.6. The average Bonchev–Trinajstić information content (AvgIpc) is 1.70. The third-order valence-corrected chi connectivity index (χ3v) is 19.0. The smallest absolute Gasteiger partial charge is 0.410 e. The van der Waals surface area contributed by atoms with Crippen LogP contribution in [0.25, 0.3) is 0 Å². The summed E-state index contributed by atoms with van der Waals surface area (Å²) in [4.78, 5) is 155. The van der Waals surface area contributed by atoms with Crippen LogP contribution in [0, 0.1) is 29.6 Å². The van der Waals surface area contributed by atoms with Crippen molar-refractivity contribution < 1.29 is 72.1 Å². The van der Waals surface area contributed by atoms with Crippen LogP contribution in [0.3, 0.4) is 0 Å². The molecule has 0 radical (unpaired) electrons. The van der Waals surface area contributed by atoms with Crippen molar-refractivity contribution in [1.29, 1.82) is 0 Å². The second-order valence-corrected chi connectivity index (χ2v) is 27.2. The molecule has 98 heavy (non-hydrogen) atoms. The number of hydrogen-bond acceptors (Lipinski definition) is 16. The number of benzene rings is 2. The number of aliphatic hydroxyl groups is 1. The van der Waals surface area contributed by atoms with Crippen molar-refractivity contribution in [3.8, 4) is 0 Å². The van der Waals surface area contributed by atoms with Gasteiger partial charge in [-0.05, 0) is 92.4 Å². The van der Waals surface area contributed by atoms with Crippen LogP contribution >= 0.6 is 0 Å². The first-order chi connectivity index (χ1) is 46.5. The molecule has 5 rings (SSSR count). The summed E-state index contributed by atoms with van der Waals surface area (Å²) in [6.45, 7) is 20.6. The third kappa shape index (κ3) is 23.3. The van der Waals surface area contributed by atoms with Crippen LogP contribution in [-0.4, -0.2) is 216 Å². The van der Waals surface area contributed by atoms with Gasteiger partial charge in [-0.25, -0.2) is 9.59 Å². The van der Waals surface area contributed by atoms with Crippen LogP contribution < -0.4 is 37.6 Å². The molecule has 2 fully saturated rings. The summed E-state index contributed by atoms with van der Waals surface area (Å²) >= 11 is 0. The molecule has 3 aliphatic heterocycles.